The topological polar surface area (TPSA) is 49.8 Å². The molecule has 0 radical (unpaired) electrons. The van der Waals surface area contributed by atoms with Gasteiger partial charge in [-0.15, -0.1) is 12.4 Å². The van der Waals surface area contributed by atoms with E-state index >= 15 is 0 Å². The first-order chi connectivity index (χ1) is 6.40. The summed E-state index contributed by atoms with van der Waals surface area (Å²) in [6.07, 6.45) is 1.15. The number of carbonyl (C=O) groups excluding carboxylic acids is 1. The van der Waals surface area contributed by atoms with Gasteiger partial charge in [0.2, 0.25) is 0 Å². The lowest BCUT2D eigenvalue weighted by Gasteiger charge is -2.02. The van der Waals surface area contributed by atoms with Crippen LogP contribution in [0, 0.1) is 0 Å². The van der Waals surface area contributed by atoms with E-state index in [1.54, 1.807) is 6.92 Å². The van der Waals surface area contributed by atoms with Crippen LogP contribution in [0.1, 0.15) is 13.3 Å². The van der Waals surface area contributed by atoms with E-state index in [0.717, 1.165) is 6.08 Å². The Morgan fingerprint density at radius 3 is 2.20 bits per heavy atom. The van der Waals surface area contributed by atoms with Gasteiger partial charge in [0.25, 0.3) is 0 Å². The zero-order valence-corrected chi connectivity index (χ0v) is 10.7. The molecule has 0 aliphatic heterocycles. The summed E-state index contributed by atoms with van der Waals surface area (Å²) in [5.41, 5.74) is 0. The van der Waals surface area contributed by atoms with Crippen molar-refractivity contribution < 1.29 is 14.6 Å². The fourth-order valence-corrected chi connectivity index (χ4v) is 0.389. The van der Waals surface area contributed by atoms with Crippen molar-refractivity contribution >= 4 is 18.4 Å². The van der Waals surface area contributed by atoms with Crippen LogP contribution in [0.3, 0.4) is 0 Å². The van der Waals surface area contributed by atoms with Gasteiger partial charge in [-0.25, -0.2) is 4.79 Å². The third-order valence-electron chi connectivity index (χ3n) is 0.947. The standard InChI is InChI=1S/C7H12O3.C3H9N.ClH/c1-3-7(9)10-5-4-6(2)8;1-4(2)3;/h3,6,8H,1,4-5H2,2H3;1-3H3;1H. The molecule has 0 spiro atoms. The zero-order chi connectivity index (χ0) is 11.6. The molecule has 0 rings (SSSR count). The van der Waals surface area contributed by atoms with Gasteiger partial charge in [0.15, 0.2) is 0 Å². The molecule has 0 aliphatic carbocycles. The number of ether oxygens (including phenoxy) is 1. The molecule has 1 unspecified atom stereocenters. The Labute approximate surface area is 98.3 Å². The Morgan fingerprint density at radius 2 is 1.93 bits per heavy atom. The molecule has 0 aromatic carbocycles. The number of hydrogen-bond acceptors (Lipinski definition) is 4. The molecule has 0 saturated carbocycles. The predicted octanol–water partition coefficient (Wildman–Crippen LogP) is 1.09. The highest BCUT2D eigenvalue weighted by atomic mass is 35.5. The van der Waals surface area contributed by atoms with Crippen molar-refractivity contribution in [3.8, 4) is 0 Å². The van der Waals surface area contributed by atoms with E-state index in [4.69, 9.17) is 5.11 Å². The second-order valence-corrected chi connectivity index (χ2v) is 3.35. The smallest absolute Gasteiger partial charge is 0.330 e. The minimum absolute atomic E-state index is 0. The summed E-state index contributed by atoms with van der Waals surface area (Å²) in [5, 5.41) is 8.72. The quantitative estimate of drug-likeness (QED) is 0.589. The molecule has 0 aromatic rings. The molecule has 4 nitrogen and oxygen atoms in total. The lowest BCUT2D eigenvalue weighted by molar-refractivity contribution is -0.138. The van der Waals surface area contributed by atoms with Crippen molar-refractivity contribution in [2.45, 2.75) is 19.4 Å². The summed E-state index contributed by atoms with van der Waals surface area (Å²) >= 11 is 0. The Bertz CT molecular complexity index is 158. The highest BCUT2D eigenvalue weighted by Crippen LogP contribution is 1.90. The maximum atomic E-state index is 10.4. The van der Waals surface area contributed by atoms with Crippen molar-refractivity contribution in [2.24, 2.45) is 0 Å². The lowest BCUT2D eigenvalue weighted by Crippen LogP contribution is -2.08. The molecule has 92 valence electrons. The van der Waals surface area contributed by atoms with Crippen LogP contribution in [0.4, 0.5) is 0 Å². The van der Waals surface area contributed by atoms with E-state index in [1.807, 2.05) is 26.0 Å². The third kappa shape index (κ3) is 31.8. The van der Waals surface area contributed by atoms with E-state index in [0.29, 0.717) is 6.42 Å². The Balaban J connectivity index is -0.000000249. The summed E-state index contributed by atoms with van der Waals surface area (Å²) < 4.78 is 4.58. The molecule has 0 fully saturated rings. The minimum Gasteiger partial charge on any atom is -0.462 e. The van der Waals surface area contributed by atoms with E-state index in [-0.39, 0.29) is 19.0 Å². The van der Waals surface area contributed by atoms with Crippen molar-refractivity contribution in [2.75, 3.05) is 27.7 Å². The highest BCUT2D eigenvalue weighted by Gasteiger charge is 1.97. The average Bonchev–Trinajstić information content (AvgIpc) is 2.02. The van der Waals surface area contributed by atoms with Gasteiger partial charge in [-0.3, -0.25) is 0 Å². The van der Waals surface area contributed by atoms with Crippen LogP contribution >= 0.6 is 12.4 Å². The van der Waals surface area contributed by atoms with Gasteiger partial charge in [0.1, 0.15) is 0 Å². The summed E-state index contributed by atoms with van der Waals surface area (Å²) in [6, 6.07) is 0. The van der Waals surface area contributed by atoms with Gasteiger partial charge < -0.3 is 14.7 Å². The lowest BCUT2D eigenvalue weighted by atomic mass is 10.3. The van der Waals surface area contributed by atoms with Crippen molar-refractivity contribution in [3.05, 3.63) is 12.7 Å². The summed E-state index contributed by atoms with van der Waals surface area (Å²) in [4.78, 5) is 12.4. The van der Waals surface area contributed by atoms with Crippen LogP contribution in [-0.2, 0) is 9.53 Å². The maximum absolute atomic E-state index is 10.4. The molecule has 1 atom stereocenters. The number of carbonyl (C=O) groups is 1. The summed E-state index contributed by atoms with van der Waals surface area (Å²) in [5.74, 6) is -0.444. The predicted molar refractivity (Wildman–Crippen MR) is 64.3 cm³/mol. The van der Waals surface area contributed by atoms with E-state index in [9.17, 15) is 4.79 Å². The number of aliphatic hydroxyl groups is 1. The van der Waals surface area contributed by atoms with Crippen LogP contribution in [-0.4, -0.2) is 49.8 Å². The normalized spacial score (nSPS) is 10.5. The molecule has 0 bridgehead atoms. The number of nitrogens with zero attached hydrogens (tertiary/aromatic N) is 1. The zero-order valence-electron chi connectivity index (χ0n) is 9.90. The van der Waals surface area contributed by atoms with E-state index in [1.165, 1.54) is 0 Å². The number of hydrogen-bond donors (Lipinski definition) is 1. The van der Waals surface area contributed by atoms with Gasteiger partial charge in [0.05, 0.1) is 12.7 Å². The molecule has 5 heteroatoms. The number of aliphatic hydroxyl groups excluding tert-OH is 1. The fourth-order valence-electron chi connectivity index (χ4n) is 0.389. The molecular formula is C10H22ClNO3. The van der Waals surface area contributed by atoms with Gasteiger partial charge in [-0.2, -0.15) is 0 Å². The second-order valence-electron chi connectivity index (χ2n) is 3.35. The van der Waals surface area contributed by atoms with Crippen LogP contribution in [0.15, 0.2) is 12.7 Å². The molecule has 0 saturated heterocycles. The van der Waals surface area contributed by atoms with Crippen LogP contribution in [0.5, 0.6) is 0 Å². The summed E-state index contributed by atoms with van der Waals surface area (Å²) in [6.45, 7) is 5.11. The molecule has 0 aliphatic rings. The van der Waals surface area contributed by atoms with E-state index < -0.39 is 12.1 Å². The largest absolute Gasteiger partial charge is 0.462 e. The Morgan fingerprint density at radius 1 is 1.53 bits per heavy atom. The van der Waals surface area contributed by atoms with Gasteiger partial charge in [-0.05, 0) is 28.1 Å². The average molecular weight is 240 g/mol. The second kappa shape index (κ2) is 13.4. The maximum Gasteiger partial charge on any atom is 0.330 e. The molecule has 15 heavy (non-hydrogen) atoms. The minimum atomic E-state index is -0.444. The van der Waals surface area contributed by atoms with Crippen LogP contribution < -0.4 is 0 Å². The monoisotopic (exact) mass is 239 g/mol. The molecule has 1 N–H and O–H groups in total. The summed E-state index contributed by atoms with van der Waals surface area (Å²) in [7, 11) is 6.00. The van der Waals surface area contributed by atoms with E-state index in [2.05, 4.69) is 11.3 Å². The molecule has 0 aromatic heterocycles. The highest BCUT2D eigenvalue weighted by molar-refractivity contribution is 5.85. The Hall–Kier alpha value is -0.580. The van der Waals surface area contributed by atoms with Crippen molar-refractivity contribution in [1.29, 1.82) is 0 Å². The fraction of sp³-hybridized carbons (Fsp3) is 0.700. The molecular weight excluding hydrogens is 218 g/mol. The number of halogens is 1. The van der Waals surface area contributed by atoms with Gasteiger partial charge in [-0.1, -0.05) is 6.58 Å². The first-order valence-electron chi connectivity index (χ1n) is 4.48. The van der Waals surface area contributed by atoms with Crippen LogP contribution in [0.2, 0.25) is 0 Å². The molecule has 0 heterocycles. The molecule has 0 amide bonds. The Kier molecular flexibility index (Phi) is 17.8. The number of rotatable bonds is 4. The first-order valence-corrected chi connectivity index (χ1v) is 4.48. The number of esters is 1. The van der Waals surface area contributed by atoms with Crippen molar-refractivity contribution in [1.82, 2.24) is 4.90 Å². The van der Waals surface area contributed by atoms with Crippen LogP contribution in [0.25, 0.3) is 0 Å². The van der Waals surface area contributed by atoms with Gasteiger partial charge in [0, 0.05) is 12.5 Å². The first kappa shape index (κ1) is 19.9. The van der Waals surface area contributed by atoms with Crippen molar-refractivity contribution in [3.63, 3.8) is 0 Å². The SMILES string of the molecule is C=CC(=O)OCCC(C)O.CN(C)C.Cl. The third-order valence-corrected chi connectivity index (χ3v) is 0.947. The van der Waals surface area contributed by atoms with Gasteiger partial charge >= 0.3 is 5.97 Å².